The molecule has 0 bridgehead atoms. The van der Waals surface area contributed by atoms with E-state index in [-0.39, 0.29) is 0 Å². The van der Waals surface area contributed by atoms with Crippen LogP contribution in [-0.4, -0.2) is 51.2 Å². The number of carbonyl (C=O) groups is 1. The maximum atomic E-state index is 13.2. The Morgan fingerprint density at radius 3 is 1.40 bits per heavy atom. The lowest BCUT2D eigenvalue weighted by molar-refractivity contribution is -0.112. The van der Waals surface area contributed by atoms with Crippen LogP contribution in [0.5, 0.6) is 0 Å². The summed E-state index contributed by atoms with van der Waals surface area (Å²) in [4.78, 5) is 12.8. The average Bonchev–Trinajstić information content (AvgIpc) is 2.51. The summed E-state index contributed by atoms with van der Waals surface area (Å²) < 4.78 is 47.0. The monoisotopic (exact) mass is 474 g/mol. The standard InChI is InChI=1S/C16H32N2O10P2/c1-9(2)25-29(23,26-10(3)4)15(17-21)13(19)14(20)16(18-22)30(24,27-11(5)6)28-12(7)8/h9-12,17,19,21-22H,1-8H3/b15-13-,18-16+. The van der Waals surface area contributed by atoms with Gasteiger partial charge >= 0.3 is 15.2 Å². The molecular weight excluding hydrogens is 442 g/mol. The summed E-state index contributed by atoms with van der Waals surface area (Å²) in [7, 11) is -9.00. The Balaban J connectivity index is 6.54. The Hall–Kier alpha value is -1.26. The lowest BCUT2D eigenvalue weighted by Gasteiger charge is -2.25. The second-order valence-electron chi connectivity index (χ2n) is 7.17. The first-order valence-electron chi connectivity index (χ1n) is 9.18. The van der Waals surface area contributed by atoms with Crippen molar-refractivity contribution in [1.29, 1.82) is 0 Å². The number of nitrogens with zero attached hydrogens (tertiary/aromatic N) is 1. The summed E-state index contributed by atoms with van der Waals surface area (Å²) in [5.41, 5.74) is -0.782. The third kappa shape index (κ3) is 8.11. The van der Waals surface area contributed by atoms with Gasteiger partial charge in [-0.25, -0.2) is 0 Å². The smallest absolute Gasteiger partial charge is 0.387 e. The highest BCUT2D eigenvalue weighted by Gasteiger charge is 2.45. The van der Waals surface area contributed by atoms with Gasteiger partial charge in [-0.2, -0.15) is 0 Å². The molecule has 0 spiro atoms. The number of aliphatic hydroxyl groups excluding tert-OH is 1. The van der Waals surface area contributed by atoms with Crippen LogP contribution in [0.4, 0.5) is 0 Å². The number of allylic oxidation sites excluding steroid dienone is 1. The van der Waals surface area contributed by atoms with Crippen LogP contribution < -0.4 is 5.48 Å². The second kappa shape index (κ2) is 12.0. The van der Waals surface area contributed by atoms with E-state index in [0.717, 1.165) is 0 Å². The van der Waals surface area contributed by atoms with Gasteiger partial charge in [-0.05, 0) is 55.4 Å². The van der Waals surface area contributed by atoms with Crippen LogP contribution in [0, 0.1) is 0 Å². The van der Waals surface area contributed by atoms with E-state index in [1.165, 1.54) is 60.9 Å². The average molecular weight is 474 g/mol. The lowest BCUT2D eigenvalue weighted by Crippen LogP contribution is -2.26. The van der Waals surface area contributed by atoms with Crippen LogP contribution in [0.1, 0.15) is 55.4 Å². The number of ketones is 1. The predicted molar refractivity (Wildman–Crippen MR) is 109 cm³/mol. The summed E-state index contributed by atoms with van der Waals surface area (Å²) in [6.07, 6.45) is -2.85. The van der Waals surface area contributed by atoms with E-state index < -0.39 is 62.0 Å². The number of rotatable bonds is 13. The molecule has 0 aromatic carbocycles. The van der Waals surface area contributed by atoms with Crippen molar-refractivity contribution in [2.45, 2.75) is 79.8 Å². The van der Waals surface area contributed by atoms with Gasteiger partial charge in [-0.15, -0.1) is 0 Å². The predicted octanol–water partition coefficient (Wildman–Crippen LogP) is 4.14. The van der Waals surface area contributed by atoms with Crippen molar-refractivity contribution in [3.8, 4) is 0 Å². The largest absolute Gasteiger partial charge is 0.502 e. The van der Waals surface area contributed by atoms with Gasteiger partial charge in [0.25, 0.3) is 5.78 Å². The number of oxime groups is 1. The van der Waals surface area contributed by atoms with E-state index in [1.807, 2.05) is 0 Å². The fourth-order valence-corrected chi connectivity index (χ4v) is 5.72. The van der Waals surface area contributed by atoms with E-state index in [4.69, 9.17) is 18.1 Å². The highest BCUT2D eigenvalue weighted by atomic mass is 31.2. The fourth-order valence-electron chi connectivity index (χ4n) is 2.05. The van der Waals surface area contributed by atoms with E-state index in [9.17, 15) is 29.4 Å². The van der Waals surface area contributed by atoms with Crippen molar-refractivity contribution < 1.29 is 47.5 Å². The van der Waals surface area contributed by atoms with Crippen molar-refractivity contribution in [2.75, 3.05) is 0 Å². The first-order valence-corrected chi connectivity index (χ1v) is 12.3. The molecule has 0 heterocycles. The molecule has 0 aliphatic rings. The summed E-state index contributed by atoms with van der Waals surface area (Å²) in [6.45, 7) is 12.0. The van der Waals surface area contributed by atoms with Crippen molar-refractivity contribution in [3.05, 3.63) is 11.2 Å². The Kier molecular flexibility index (Phi) is 11.4. The first kappa shape index (κ1) is 28.7. The SMILES string of the molecule is CC(C)OP(=O)(OC(C)C)/C(NO)=C(\O)C(=O)/C(=N\O)P(=O)(OC(C)C)OC(C)C. The second-order valence-corrected chi connectivity index (χ2v) is 10.9. The van der Waals surface area contributed by atoms with Gasteiger partial charge in [0.1, 0.15) is 0 Å². The van der Waals surface area contributed by atoms with Crippen molar-refractivity contribution >= 4 is 26.4 Å². The zero-order chi connectivity index (χ0) is 23.9. The van der Waals surface area contributed by atoms with E-state index in [1.54, 1.807) is 0 Å². The van der Waals surface area contributed by atoms with Crippen LogP contribution in [0.15, 0.2) is 16.4 Å². The zero-order valence-electron chi connectivity index (χ0n) is 18.4. The minimum atomic E-state index is -4.53. The van der Waals surface area contributed by atoms with Crippen LogP contribution in [0.2, 0.25) is 0 Å². The number of nitrogens with one attached hydrogen (secondary N) is 1. The summed E-state index contributed by atoms with van der Waals surface area (Å²) in [5.74, 6) is -3.01. The molecule has 0 rings (SSSR count). The van der Waals surface area contributed by atoms with Crippen LogP contribution in [0.25, 0.3) is 0 Å². The van der Waals surface area contributed by atoms with Gasteiger partial charge in [0.2, 0.25) is 11.2 Å². The lowest BCUT2D eigenvalue weighted by atomic mass is 10.3. The minimum absolute atomic E-state index is 0.702. The molecule has 4 N–H and O–H groups in total. The molecule has 0 radical (unpaired) electrons. The van der Waals surface area contributed by atoms with Crippen molar-refractivity contribution in [3.63, 3.8) is 0 Å². The third-order valence-electron chi connectivity index (χ3n) is 2.77. The fraction of sp³-hybridized carbons (Fsp3) is 0.750. The minimum Gasteiger partial charge on any atom is -0.502 e. The molecule has 0 saturated carbocycles. The van der Waals surface area contributed by atoms with Gasteiger partial charge in [0.15, 0.2) is 5.44 Å². The van der Waals surface area contributed by atoms with Crippen molar-refractivity contribution in [1.82, 2.24) is 5.48 Å². The molecule has 0 unspecified atom stereocenters. The van der Waals surface area contributed by atoms with E-state index in [2.05, 4.69) is 5.16 Å². The highest BCUT2D eigenvalue weighted by molar-refractivity contribution is 7.75. The molecule has 0 aliphatic carbocycles. The number of hydroxylamine groups is 1. The first-order chi connectivity index (χ1) is 13.6. The van der Waals surface area contributed by atoms with E-state index in [0.29, 0.717) is 0 Å². The van der Waals surface area contributed by atoms with Crippen LogP contribution in [0.3, 0.4) is 0 Å². The maximum Gasteiger partial charge on any atom is 0.387 e. The Morgan fingerprint density at radius 1 is 0.800 bits per heavy atom. The number of aliphatic hydroxyl groups is 1. The Bertz CT molecular complexity index is 718. The Morgan fingerprint density at radius 2 is 1.13 bits per heavy atom. The highest BCUT2D eigenvalue weighted by Crippen LogP contribution is 2.58. The van der Waals surface area contributed by atoms with Gasteiger partial charge < -0.3 is 28.4 Å². The van der Waals surface area contributed by atoms with E-state index >= 15 is 0 Å². The topological polar surface area (TPSA) is 173 Å². The number of Topliss-reactive ketones (excluding diaryl/α,β-unsaturated/α-hetero) is 1. The van der Waals surface area contributed by atoms with Crippen LogP contribution in [-0.2, 0) is 32.0 Å². The summed E-state index contributed by atoms with van der Waals surface area (Å²) in [5, 5.41) is 31.9. The maximum absolute atomic E-state index is 13.2. The zero-order valence-corrected chi connectivity index (χ0v) is 20.1. The molecule has 0 atom stereocenters. The number of carbonyl (C=O) groups excluding carboxylic acids is 1. The van der Waals surface area contributed by atoms with Gasteiger partial charge in [0, 0.05) is 0 Å². The molecule has 12 nitrogen and oxygen atoms in total. The summed E-state index contributed by atoms with van der Waals surface area (Å²) >= 11 is 0. The van der Waals surface area contributed by atoms with Gasteiger partial charge in [-0.3, -0.25) is 24.6 Å². The molecule has 176 valence electrons. The summed E-state index contributed by atoms with van der Waals surface area (Å²) in [6, 6.07) is 0. The molecule has 0 amide bonds. The van der Waals surface area contributed by atoms with Gasteiger partial charge in [-0.1, -0.05) is 5.16 Å². The molecule has 0 saturated heterocycles. The molecule has 30 heavy (non-hydrogen) atoms. The number of hydrogen-bond acceptors (Lipinski definition) is 12. The third-order valence-corrected chi connectivity index (χ3v) is 7.24. The quantitative estimate of drug-likeness (QED) is 0.0754. The van der Waals surface area contributed by atoms with Gasteiger partial charge in [0.05, 0.1) is 24.4 Å². The molecular formula is C16H32N2O10P2. The normalized spacial score (nSPS) is 14.6. The molecule has 0 aliphatic heterocycles. The number of hydrogen-bond donors (Lipinski definition) is 4. The molecule has 0 aromatic heterocycles. The molecule has 14 heteroatoms. The molecule has 0 fully saturated rings. The van der Waals surface area contributed by atoms with Crippen molar-refractivity contribution in [2.24, 2.45) is 5.16 Å². The Labute approximate surface area is 176 Å². The molecule has 0 aromatic rings. The van der Waals surface area contributed by atoms with Crippen LogP contribution >= 0.6 is 15.2 Å².